The number of hydrogen-bond donors (Lipinski definition) is 1. The molecule has 0 saturated heterocycles. The van der Waals surface area contributed by atoms with Crippen molar-refractivity contribution in [3.63, 3.8) is 0 Å². The summed E-state index contributed by atoms with van der Waals surface area (Å²) >= 11 is 1.71. The number of hydrogen-bond acceptors (Lipinski definition) is 4. The minimum absolute atomic E-state index is 0.0509. The van der Waals surface area contributed by atoms with E-state index in [4.69, 9.17) is 5.73 Å². The molecule has 2 unspecified atom stereocenters. The third kappa shape index (κ3) is 3.78. The van der Waals surface area contributed by atoms with Crippen molar-refractivity contribution in [2.24, 2.45) is 5.73 Å². The SMILES string of the molecule is Cc1cc(C)nc(SC(c2ccncc2)C(C)N)c1. The third-order valence-electron chi connectivity index (χ3n) is 2.83. The topological polar surface area (TPSA) is 51.8 Å². The Balaban J connectivity index is 2.27. The zero-order valence-electron chi connectivity index (χ0n) is 11.5. The lowest BCUT2D eigenvalue weighted by molar-refractivity contribution is 0.719. The van der Waals surface area contributed by atoms with Gasteiger partial charge in [-0.15, -0.1) is 0 Å². The first kappa shape index (κ1) is 14.0. The van der Waals surface area contributed by atoms with Crippen molar-refractivity contribution in [2.45, 2.75) is 37.1 Å². The van der Waals surface area contributed by atoms with Crippen molar-refractivity contribution in [1.29, 1.82) is 0 Å². The molecule has 0 aliphatic carbocycles. The molecule has 2 aromatic rings. The molecule has 0 saturated carbocycles. The predicted molar refractivity (Wildman–Crippen MR) is 80.2 cm³/mol. The Morgan fingerprint density at radius 2 is 1.84 bits per heavy atom. The lowest BCUT2D eigenvalue weighted by atomic mass is 10.1. The quantitative estimate of drug-likeness (QED) is 0.869. The van der Waals surface area contributed by atoms with Crippen molar-refractivity contribution in [1.82, 2.24) is 9.97 Å². The largest absolute Gasteiger partial charge is 0.327 e. The number of rotatable bonds is 4. The maximum absolute atomic E-state index is 6.12. The van der Waals surface area contributed by atoms with Gasteiger partial charge in [-0.2, -0.15) is 0 Å². The van der Waals surface area contributed by atoms with Gasteiger partial charge in [0.25, 0.3) is 0 Å². The fourth-order valence-corrected chi connectivity index (χ4v) is 3.25. The first-order chi connectivity index (χ1) is 9.06. The lowest BCUT2D eigenvalue weighted by Crippen LogP contribution is -2.22. The maximum atomic E-state index is 6.12. The number of pyridine rings is 2. The molecule has 0 spiro atoms. The molecule has 2 rings (SSSR count). The van der Waals surface area contributed by atoms with Crippen LogP contribution in [0.3, 0.4) is 0 Å². The Kier molecular flexibility index (Phi) is 4.56. The zero-order valence-corrected chi connectivity index (χ0v) is 12.3. The van der Waals surface area contributed by atoms with Gasteiger partial charge in [0, 0.05) is 24.1 Å². The first-order valence-corrected chi connectivity index (χ1v) is 7.21. The molecule has 0 aliphatic rings. The van der Waals surface area contributed by atoms with E-state index in [1.165, 1.54) is 11.1 Å². The molecule has 19 heavy (non-hydrogen) atoms. The highest BCUT2D eigenvalue weighted by Gasteiger charge is 2.18. The maximum Gasteiger partial charge on any atom is 0.0972 e. The summed E-state index contributed by atoms with van der Waals surface area (Å²) in [4.78, 5) is 8.63. The van der Waals surface area contributed by atoms with Gasteiger partial charge in [0.15, 0.2) is 0 Å². The Morgan fingerprint density at radius 1 is 1.16 bits per heavy atom. The van der Waals surface area contributed by atoms with Crippen molar-refractivity contribution in [2.75, 3.05) is 0 Å². The molecule has 0 radical (unpaired) electrons. The summed E-state index contributed by atoms with van der Waals surface area (Å²) in [7, 11) is 0. The minimum atomic E-state index is 0.0509. The van der Waals surface area contributed by atoms with Gasteiger partial charge in [-0.25, -0.2) is 4.98 Å². The van der Waals surface area contributed by atoms with Gasteiger partial charge in [0.05, 0.1) is 10.3 Å². The number of nitrogens with two attached hydrogens (primary N) is 1. The molecule has 100 valence electrons. The van der Waals surface area contributed by atoms with E-state index in [2.05, 4.69) is 29.0 Å². The molecule has 0 aliphatic heterocycles. The fraction of sp³-hybridized carbons (Fsp3) is 0.333. The summed E-state index contributed by atoms with van der Waals surface area (Å²) in [5, 5.41) is 1.22. The molecule has 0 aromatic carbocycles. The van der Waals surface area contributed by atoms with Gasteiger partial charge in [0.2, 0.25) is 0 Å². The smallest absolute Gasteiger partial charge is 0.0972 e. The van der Waals surface area contributed by atoms with E-state index >= 15 is 0 Å². The molecule has 0 fully saturated rings. The fourth-order valence-electron chi connectivity index (χ4n) is 2.03. The molecule has 2 aromatic heterocycles. The highest BCUT2D eigenvalue weighted by atomic mass is 32.2. The van der Waals surface area contributed by atoms with E-state index in [-0.39, 0.29) is 11.3 Å². The lowest BCUT2D eigenvalue weighted by Gasteiger charge is -2.20. The third-order valence-corrected chi connectivity index (χ3v) is 4.24. The second-order valence-electron chi connectivity index (χ2n) is 4.80. The molecule has 0 amide bonds. The minimum Gasteiger partial charge on any atom is -0.327 e. The molecular weight excluding hydrogens is 254 g/mol. The van der Waals surface area contributed by atoms with Gasteiger partial charge in [-0.05, 0) is 56.2 Å². The second-order valence-corrected chi connectivity index (χ2v) is 5.96. The molecule has 2 N–H and O–H groups in total. The number of aryl methyl sites for hydroxylation is 2. The first-order valence-electron chi connectivity index (χ1n) is 6.33. The highest BCUT2D eigenvalue weighted by molar-refractivity contribution is 7.99. The summed E-state index contributed by atoms with van der Waals surface area (Å²) in [5.41, 5.74) is 9.59. The molecule has 0 bridgehead atoms. The van der Waals surface area contributed by atoms with Crippen molar-refractivity contribution < 1.29 is 0 Å². The molecule has 2 atom stereocenters. The Morgan fingerprint density at radius 3 is 2.42 bits per heavy atom. The number of thioether (sulfide) groups is 1. The summed E-state index contributed by atoms with van der Waals surface area (Å²) in [5.74, 6) is 0. The van der Waals surface area contributed by atoms with Crippen molar-refractivity contribution >= 4 is 11.8 Å². The molecule has 2 heterocycles. The Bertz CT molecular complexity index is 520. The van der Waals surface area contributed by atoms with E-state index in [0.717, 1.165) is 10.7 Å². The summed E-state index contributed by atoms with van der Waals surface area (Å²) < 4.78 is 0. The zero-order chi connectivity index (χ0) is 13.8. The van der Waals surface area contributed by atoms with Gasteiger partial charge in [0.1, 0.15) is 0 Å². The normalized spacial score (nSPS) is 14.1. The van der Waals surface area contributed by atoms with Crippen molar-refractivity contribution in [3.05, 3.63) is 53.5 Å². The van der Waals surface area contributed by atoms with Crippen LogP contribution in [0.1, 0.15) is 29.0 Å². The predicted octanol–water partition coefficient (Wildman–Crippen LogP) is 3.27. The summed E-state index contributed by atoms with van der Waals surface area (Å²) in [6.07, 6.45) is 3.61. The number of aromatic nitrogens is 2. The van der Waals surface area contributed by atoms with Crippen LogP contribution in [-0.2, 0) is 0 Å². The van der Waals surface area contributed by atoms with Crippen molar-refractivity contribution in [3.8, 4) is 0 Å². The van der Waals surface area contributed by atoms with Gasteiger partial charge in [-0.1, -0.05) is 11.8 Å². The van der Waals surface area contributed by atoms with Crippen LogP contribution in [-0.4, -0.2) is 16.0 Å². The Labute approximate surface area is 118 Å². The van der Waals surface area contributed by atoms with Crippen LogP contribution in [0.25, 0.3) is 0 Å². The summed E-state index contributed by atoms with van der Waals surface area (Å²) in [6, 6.07) is 8.27. The van der Waals surface area contributed by atoms with E-state index in [9.17, 15) is 0 Å². The van der Waals surface area contributed by atoms with Crippen LogP contribution >= 0.6 is 11.8 Å². The van der Waals surface area contributed by atoms with Crippen LogP contribution in [0.5, 0.6) is 0 Å². The number of nitrogens with zero attached hydrogens (tertiary/aromatic N) is 2. The van der Waals surface area contributed by atoms with Gasteiger partial charge in [-0.3, -0.25) is 4.98 Å². The van der Waals surface area contributed by atoms with Crippen LogP contribution < -0.4 is 5.73 Å². The Hall–Kier alpha value is -1.39. The average molecular weight is 273 g/mol. The molecular formula is C15H19N3S. The average Bonchev–Trinajstić information content (AvgIpc) is 2.35. The van der Waals surface area contributed by atoms with Crippen LogP contribution in [0.4, 0.5) is 0 Å². The van der Waals surface area contributed by atoms with E-state index in [0.29, 0.717) is 0 Å². The van der Waals surface area contributed by atoms with E-state index in [1.54, 1.807) is 24.2 Å². The summed E-state index contributed by atoms with van der Waals surface area (Å²) in [6.45, 7) is 6.14. The van der Waals surface area contributed by atoms with Gasteiger partial charge >= 0.3 is 0 Å². The monoisotopic (exact) mass is 273 g/mol. The molecule has 4 heteroatoms. The highest BCUT2D eigenvalue weighted by Crippen LogP contribution is 2.36. The molecule has 3 nitrogen and oxygen atoms in total. The van der Waals surface area contributed by atoms with Crippen LogP contribution in [0.15, 0.2) is 41.7 Å². The second kappa shape index (κ2) is 6.17. The van der Waals surface area contributed by atoms with E-state index < -0.39 is 0 Å². The van der Waals surface area contributed by atoms with E-state index in [1.807, 2.05) is 26.0 Å². The van der Waals surface area contributed by atoms with Crippen LogP contribution in [0, 0.1) is 13.8 Å². The van der Waals surface area contributed by atoms with Gasteiger partial charge < -0.3 is 5.73 Å². The standard InChI is InChI=1S/C15H19N3S/c1-10-8-11(2)18-14(9-10)19-15(12(3)16)13-4-6-17-7-5-13/h4-9,12,15H,16H2,1-3H3. The van der Waals surface area contributed by atoms with Crippen LogP contribution in [0.2, 0.25) is 0 Å².